The van der Waals surface area contributed by atoms with Crippen molar-refractivity contribution in [1.82, 2.24) is 9.97 Å². The van der Waals surface area contributed by atoms with E-state index in [0.29, 0.717) is 11.3 Å². The van der Waals surface area contributed by atoms with Crippen LogP contribution in [0.2, 0.25) is 0 Å². The Labute approximate surface area is 147 Å². The number of rotatable bonds is 1. The molecule has 128 valence electrons. The van der Waals surface area contributed by atoms with E-state index in [-0.39, 0.29) is 22.2 Å². The van der Waals surface area contributed by atoms with Crippen molar-refractivity contribution in [2.75, 3.05) is 5.32 Å². The number of Topliss-reactive ketones (excluding diaryl/α,β-unsaturated/α-hetero) is 1. The molecule has 6 nitrogen and oxygen atoms in total. The van der Waals surface area contributed by atoms with Gasteiger partial charge in [0, 0.05) is 11.3 Å². The molecular weight excluding hydrogens is 330 g/mol. The Hall–Kier alpha value is -3.67. The molecule has 0 spiro atoms. The number of aromatic amines is 2. The summed E-state index contributed by atoms with van der Waals surface area (Å²) in [6, 6.07) is 14.5. The monoisotopic (exact) mass is 345 g/mol. The maximum Gasteiger partial charge on any atom is 0.274 e. The second-order valence-electron chi connectivity index (χ2n) is 6.13. The number of benzene rings is 2. The van der Waals surface area contributed by atoms with E-state index in [2.05, 4.69) is 15.3 Å². The van der Waals surface area contributed by atoms with E-state index in [1.54, 1.807) is 30.3 Å². The number of aromatic nitrogens is 2. The number of carbonyl (C=O) groups excluding carboxylic acids is 1. The molecule has 3 N–H and O–H groups in total. The van der Waals surface area contributed by atoms with Crippen LogP contribution in [0.25, 0.3) is 11.8 Å². The minimum atomic E-state index is -0.536. The standard InChI is InChI=1S/C20H15N3O3/c1-11-6-8-12(9-7-11)10-15-19(25)23-17(20(26)22-15)16-18(24)13-4-2-3-5-14(13)21-16/h2-10,21H,1H3,(H,22,26)(H,23,25). The number of carbonyl (C=O) groups is 1. The van der Waals surface area contributed by atoms with Gasteiger partial charge in [-0.15, -0.1) is 0 Å². The van der Waals surface area contributed by atoms with E-state index in [4.69, 9.17) is 0 Å². The molecule has 3 aromatic rings. The first-order chi connectivity index (χ1) is 12.5. The summed E-state index contributed by atoms with van der Waals surface area (Å²) in [4.78, 5) is 42.4. The molecule has 2 heterocycles. The first-order valence-corrected chi connectivity index (χ1v) is 8.09. The molecule has 0 atom stereocenters. The van der Waals surface area contributed by atoms with Crippen molar-refractivity contribution in [3.8, 4) is 0 Å². The molecule has 1 aromatic heterocycles. The molecule has 0 radical (unpaired) electrons. The van der Waals surface area contributed by atoms with Crippen molar-refractivity contribution in [2.24, 2.45) is 0 Å². The minimum absolute atomic E-state index is 0.0720. The van der Waals surface area contributed by atoms with Gasteiger partial charge in [-0.3, -0.25) is 14.4 Å². The second-order valence-corrected chi connectivity index (χ2v) is 6.13. The molecule has 1 aliphatic heterocycles. The lowest BCUT2D eigenvalue weighted by Gasteiger charge is -1.98. The molecule has 26 heavy (non-hydrogen) atoms. The molecule has 6 heteroatoms. The van der Waals surface area contributed by atoms with Crippen LogP contribution in [0.15, 0.2) is 58.1 Å². The number of hydrogen-bond donors (Lipinski definition) is 3. The summed E-state index contributed by atoms with van der Waals surface area (Å²) in [5, 5.41) is 2.97. The van der Waals surface area contributed by atoms with E-state index in [0.717, 1.165) is 11.1 Å². The summed E-state index contributed by atoms with van der Waals surface area (Å²) in [7, 11) is 0. The molecule has 0 saturated carbocycles. The van der Waals surface area contributed by atoms with Gasteiger partial charge in [-0.2, -0.15) is 0 Å². The number of anilines is 1. The van der Waals surface area contributed by atoms with Gasteiger partial charge in [0.2, 0.25) is 5.78 Å². The van der Waals surface area contributed by atoms with E-state index in [1.165, 1.54) is 0 Å². The van der Waals surface area contributed by atoms with Crippen LogP contribution in [0.5, 0.6) is 0 Å². The number of ketones is 1. The lowest BCUT2D eigenvalue weighted by molar-refractivity contribution is 0.105. The molecule has 0 fully saturated rings. The van der Waals surface area contributed by atoms with Crippen LogP contribution in [0.1, 0.15) is 21.5 Å². The molecule has 0 bridgehead atoms. The van der Waals surface area contributed by atoms with Gasteiger partial charge in [0.05, 0.1) is 0 Å². The zero-order chi connectivity index (χ0) is 18.3. The van der Waals surface area contributed by atoms with Crippen LogP contribution >= 0.6 is 0 Å². The third-order valence-electron chi connectivity index (χ3n) is 4.26. The van der Waals surface area contributed by atoms with E-state index >= 15 is 0 Å². The Morgan fingerprint density at radius 1 is 0.846 bits per heavy atom. The van der Waals surface area contributed by atoms with Gasteiger partial charge in [-0.25, -0.2) is 0 Å². The Morgan fingerprint density at radius 2 is 1.58 bits per heavy atom. The quantitative estimate of drug-likeness (QED) is 0.602. The molecule has 0 saturated heterocycles. The molecular formula is C20H15N3O3. The van der Waals surface area contributed by atoms with E-state index < -0.39 is 11.1 Å². The van der Waals surface area contributed by atoms with Crippen molar-refractivity contribution in [1.29, 1.82) is 0 Å². The van der Waals surface area contributed by atoms with Gasteiger partial charge < -0.3 is 15.3 Å². The first kappa shape index (κ1) is 15.8. The number of H-pyrrole nitrogens is 2. The van der Waals surface area contributed by atoms with Crippen LogP contribution in [-0.2, 0) is 0 Å². The Kier molecular flexibility index (Phi) is 3.65. The van der Waals surface area contributed by atoms with Crippen LogP contribution in [0.3, 0.4) is 0 Å². The molecule has 0 aliphatic carbocycles. The molecule has 1 aliphatic rings. The smallest absolute Gasteiger partial charge is 0.274 e. The van der Waals surface area contributed by atoms with E-state index in [9.17, 15) is 14.4 Å². The number of fused-ring (bicyclic) bond motifs is 1. The Balaban J connectivity index is 1.89. The average molecular weight is 345 g/mol. The maximum atomic E-state index is 12.5. The summed E-state index contributed by atoms with van der Waals surface area (Å²) in [5.74, 6) is -0.322. The highest BCUT2D eigenvalue weighted by molar-refractivity contribution is 6.33. The predicted molar refractivity (Wildman–Crippen MR) is 99.5 cm³/mol. The third kappa shape index (κ3) is 2.67. The minimum Gasteiger partial charge on any atom is -0.350 e. The van der Waals surface area contributed by atoms with Crippen molar-refractivity contribution >= 4 is 23.2 Å². The zero-order valence-corrected chi connectivity index (χ0v) is 13.9. The fourth-order valence-electron chi connectivity index (χ4n) is 2.88. The second kappa shape index (κ2) is 6.00. The zero-order valence-electron chi connectivity index (χ0n) is 13.9. The SMILES string of the molecule is Cc1ccc(C=c2[nH]c(=O)c(=C3Nc4ccccc4C3=O)[nH]c2=O)cc1. The summed E-state index contributed by atoms with van der Waals surface area (Å²) >= 11 is 0. The normalized spacial score (nSPS) is 15.7. The Morgan fingerprint density at radius 3 is 2.31 bits per heavy atom. The van der Waals surface area contributed by atoms with Gasteiger partial charge in [0.1, 0.15) is 16.4 Å². The van der Waals surface area contributed by atoms with Crippen molar-refractivity contribution in [3.63, 3.8) is 0 Å². The highest BCUT2D eigenvalue weighted by Gasteiger charge is 2.25. The van der Waals surface area contributed by atoms with Crippen molar-refractivity contribution < 1.29 is 4.79 Å². The summed E-state index contributed by atoms with van der Waals surface area (Å²) in [6.07, 6.45) is 1.59. The van der Waals surface area contributed by atoms with Crippen LogP contribution < -0.4 is 27.1 Å². The molecule has 0 unspecified atom stereocenters. The largest absolute Gasteiger partial charge is 0.350 e. The third-order valence-corrected chi connectivity index (χ3v) is 4.26. The van der Waals surface area contributed by atoms with Gasteiger partial charge in [0.15, 0.2) is 0 Å². The van der Waals surface area contributed by atoms with Gasteiger partial charge in [0.25, 0.3) is 11.1 Å². The fraction of sp³-hybridized carbons (Fsp3) is 0.0500. The topological polar surface area (TPSA) is 94.8 Å². The lowest BCUT2D eigenvalue weighted by Crippen LogP contribution is -2.48. The van der Waals surface area contributed by atoms with E-state index in [1.807, 2.05) is 31.2 Å². The van der Waals surface area contributed by atoms with Gasteiger partial charge in [-0.05, 0) is 30.7 Å². The van der Waals surface area contributed by atoms with Crippen molar-refractivity contribution in [3.05, 3.63) is 96.6 Å². The first-order valence-electron chi connectivity index (χ1n) is 8.09. The van der Waals surface area contributed by atoms with Crippen LogP contribution in [-0.4, -0.2) is 15.8 Å². The molecule has 0 amide bonds. The summed E-state index contributed by atoms with van der Waals surface area (Å²) in [6.45, 7) is 1.97. The maximum absolute atomic E-state index is 12.5. The van der Waals surface area contributed by atoms with Gasteiger partial charge in [-0.1, -0.05) is 42.0 Å². The number of para-hydroxylation sites is 1. The highest BCUT2D eigenvalue weighted by Crippen LogP contribution is 2.26. The number of nitrogens with one attached hydrogen (secondary N) is 3. The predicted octanol–water partition coefficient (Wildman–Crippen LogP) is 0.617. The lowest BCUT2D eigenvalue weighted by atomic mass is 10.1. The van der Waals surface area contributed by atoms with Crippen LogP contribution in [0.4, 0.5) is 5.69 Å². The fourth-order valence-corrected chi connectivity index (χ4v) is 2.88. The number of aryl methyl sites for hydroxylation is 1. The average Bonchev–Trinajstić information content (AvgIpc) is 2.97. The summed E-state index contributed by atoms with van der Waals surface area (Å²) < 4.78 is 0. The van der Waals surface area contributed by atoms with Gasteiger partial charge >= 0.3 is 0 Å². The number of hydrogen-bond acceptors (Lipinski definition) is 4. The molecule has 2 aromatic carbocycles. The summed E-state index contributed by atoms with van der Waals surface area (Å²) in [5.41, 5.74) is 2.04. The van der Waals surface area contributed by atoms with Crippen LogP contribution in [0, 0.1) is 6.92 Å². The Bertz CT molecular complexity index is 1270. The molecule has 4 rings (SSSR count). The highest BCUT2D eigenvalue weighted by atomic mass is 16.1. The van der Waals surface area contributed by atoms with Crippen molar-refractivity contribution in [2.45, 2.75) is 6.92 Å².